The molecule has 0 unspecified atom stereocenters. The van der Waals surface area contributed by atoms with Crippen molar-refractivity contribution in [3.8, 4) is 5.75 Å². The van der Waals surface area contributed by atoms with E-state index in [1.807, 2.05) is 23.1 Å². The lowest BCUT2D eigenvalue weighted by Gasteiger charge is -2.15. The maximum absolute atomic E-state index is 13.4. The standard InChI is InChI=1S/C17H18FN5O/c1-24-16-5-4-13-8-12(2-3-14(13)9-16)10-23-17(19-20-21-23)22-7-6-15(18)11-22/h2-5,8-9,15H,6-7,10-11H2,1H3/t15-/m0/s1. The summed E-state index contributed by atoms with van der Waals surface area (Å²) in [6, 6.07) is 12.2. The van der Waals surface area contributed by atoms with Crippen molar-refractivity contribution in [3.05, 3.63) is 42.0 Å². The van der Waals surface area contributed by atoms with E-state index in [-0.39, 0.29) is 0 Å². The van der Waals surface area contributed by atoms with Crippen LogP contribution in [0.4, 0.5) is 10.3 Å². The number of ether oxygens (including phenoxy) is 1. The van der Waals surface area contributed by atoms with Gasteiger partial charge in [-0.2, -0.15) is 0 Å². The Bertz CT molecular complexity index is 865. The van der Waals surface area contributed by atoms with Gasteiger partial charge in [-0.3, -0.25) is 0 Å². The van der Waals surface area contributed by atoms with Crippen molar-refractivity contribution in [1.82, 2.24) is 20.2 Å². The number of fused-ring (bicyclic) bond motifs is 1. The summed E-state index contributed by atoms with van der Waals surface area (Å²) in [6.45, 7) is 1.56. The van der Waals surface area contributed by atoms with Gasteiger partial charge in [0.2, 0.25) is 5.95 Å². The first kappa shape index (κ1) is 14.9. The Morgan fingerprint density at radius 2 is 2.04 bits per heavy atom. The number of methoxy groups -OCH3 is 1. The van der Waals surface area contributed by atoms with Crippen molar-refractivity contribution >= 4 is 16.7 Å². The molecule has 1 aromatic heterocycles. The van der Waals surface area contributed by atoms with Crippen LogP contribution in [0.3, 0.4) is 0 Å². The number of rotatable bonds is 4. The fourth-order valence-electron chi connectivity index (χ4n) is 3.10. The molecular formula is C17H18FN5O. The predicted molar refractivity (Wildman–Crippen MR) is 89.1 cm³/mol. The molecule has 7 heteroatoms. The second-order valence-corrected chi connectivity index (χ2v) is 6.02. The van der Waals surface area contributed by atoms with E-state index in [4.69, 9.17) is 4.74 Å². The third-order valence-electron chi connectivity index (χ3n) is 4.37. The molecular weight excluding hydrogens is 309 g/mol. The molecule has 0 amide bonds. The molecule has 0 saturated carbocycles. The summed E-state index contributed by atoms with van der Waals surface area (Å²) < 4.78 is 20.4. The van der Waals surface area contributed by atoms with Gasteiger partial charge in [0.25, 0.3) is 0 Å². The van der Waals surface area contributed by atoms with Crippen molar-refractivity contribution in [2.75, 3.05) is 25.1 Å². The van der Waals surface area contributed by atoms with Gasteiger partial charge in [-0.15, -0.1) is 0 Å². The number of aromatic nitrogens is 4. The summed E-state index contributed by atoms with van der Waals surface area (Å²) in [5.41, 5.74) is 1.09. The summed E-state index contributed by atoms with van der Waals surface area (Å²) in [5, 5.41) is 14.1. The van der Waals surface area contributed by atoms with E-state index in [0.29, 0.717) is 32.0 Å². The van der Waals surface area contributed by atoms with Crippen molar-refractivity contribution in [1.29, 1.82) is 0 Å². The fourth-order valence-corrected chi connectivity index (χ4v) is 3.10. The first-order valence-corrected chi connectivity index (χ1v) is 7.95. The van der Waals surface area contributed by atoms with Crippen LogP contribution in [-0.2, 0) is 6.54 Å². The highest BCUT2D eigenvalue weighted by molar-refractivity contribution is 5.84. The lowest BCUT2D eigenvalue weighted by atomic mass is 10.1. The smallest absolute Gasteiger partial charge is 0.245 e. The summed E-state index contributed by atoms with van der Waals surface area (Å²) in [6.07, 6.45) is -0.268. The third-order valence-corrected chi connectivity index (χ3v) is 4.37. The molecule has 1 aliphatic rings. The normalized spacial score (nSPS) is 17.6. The molecule has 0 spiro atoms. The highest BCUT2D eigenvalue weighted by atomic mass is 19.1. The maximum Gasteiger partial charge on any atom is 0.245 e. The van der Waals surface area contributed by atoms with Gasteiger partial charge in [-0.1, -0.05) is 23.3 Å². The van der Waals surface area contributed by atoms with Crippen LogP contribution in [0.25, 0.3) is 10.8 Å². The minimum Gasteiger partial charge on any atom is -0.497 e. The van der Waals surface area contributed by atoms with Gasteiger partial charge < -0.3 is 9.64 Å². The van der Waals surface area contributed by atoms with Gasteiger partial charge in [-0.25, -0.2) is 9.07 Å². The van der Waals surface area contributed by atoms with E-state index in [1.165, 1.54) is 0 Å². The quantitative estimate of drug-likeness (QED) is 0.737. The first-order valence-electron chi connectivity index (χ1n) is 7.95. The van der Waals surface area contributed by atoms with Crippen molar-refractivity contribution in [2.24, 2.45) is 0 Å². The number of tetrazole rings is 1. The van der Waals surface area contributed by atoms with Gasteiger partial charge in [0.05, 0.1) is 20.2 Å². The average Bonchev–Trinajstić information content (AvgIpc) is 3.23. The van der Waals surface area contributed by atoms with Crippen LogP contribution < -0.4 is 9.64 Å². The molecule has 0 N–H and O–H groups in total. The zero-order chi connectivity index (χ0) is 16.5. The van der Waals surface area contributed by atoms with Crippen LogP contribution in [0, 0.1) is 0 Å². The topological polar surface area (TPSA) is 56.1 Å². The van der Waals surface area contributed by atoms with E-state index >= 15 is 0 Å². The zero-order valence-corrected chi connectivity index (χ0v) is 13.4. The number of alkyl halides is 1. The van der Waals surface area contributed by atoms with Crippen molar-refractivity contribution in [2.45, 2.75) is 19.1 Å². The largest absolute Gasteiger partial charge is 0.497 e. The molecule has 4 rings (SSSR count). The molecule has 0 bridgehead atoms. The predicted octanol–water partition coefficient (Wildman–Crippen LogP) is 2.43. The summed E-state index contributed by atoms with van der Waals surface area (Å²) >= 11 is 0. The molecule has 124 valence electrons. The Hall–Kier alpha value is -2.70. The first-order chi connectivity index (χ1) is 11.7. The molecule has 0 radical (unpaired) electrons. The van der Waals surface area contributed by atoms with Crippen LogP contribution in [0.1, 0.15) is 12.0 Å². The molecule has 6 nitrogen and oxygen atoms in total. The fraction of sp³-hybridized carbons (Fsp3) is 0.353. The molecule has 1 fully saturated rings. The molecule has 1 atom stereocenters. The van der Waals surface area contributed by atoms with Crippen molar-refractivity contribution in [3.63, 3.8) is 0 Å². The van der Waals surface area contributed by atoms with E-state index < -0.39 is 6.17 Å². The number of halogens is 1. The zero-order valence-electron chi connectivity index (χ0n) is 13.4. The number of hydrogen-bond acceptors (Lipinski definition) is 5. The van der Waals surface area contributed by atoms with Gasteiger partial charge >= 0.3 is 0 Å². The van der Waals surface area contributed by atoms with E-state index in [0.717, 1.165) is 22.1 Å². The van der Waals surface area contributed by atoms with Gasteiger partial charge in [0.1, 0.15) is 11.9 Å². The minimum atomic E-state index is -0.800. The SMILES string of the molecule is COc1ccc2cc(Cn3nnnc3N3CC[C@H](F)C3)ccc2c1. The molecule has 1 saturated heterocycles. The third kappa shape index (κ3) is 2.77. The van der Waals surface area contributed by atoms with Crippen LogP contribution in [0.5, 0.6) is 5.75 Å². The molecule has 3 aromatic rings. The lowest BCUT2D eigenvalue weighted by molar-refractivity contribution is 0.364. The summed E-state index contributed by atoms with van der Waals surface area (Å²) in [5.74, 6) is 1.47. The molecule has 1 aliphatic heterocycles. The van der Waals surface area contributed by atoms with E-state index in [1.54, 1.807) is 11.8 Å². The minimum absolute atomic E-state index is 0.359. The molecule has 24 heavy (non-hydrogen) atoms. The summed E-state index contributed by atoms with van der Waals surface area (Å²) in [7, 11) is 1.66. The van der Waals surface area contributed by atoms with Crippen LogP contribution in [0.2, 0.25) is 0 Å². The Labute approximate surface area is 138 Å². The highest BCUT2D eigenvalue weighted by Crippen LogP contribution is 2.23. The van der Waals surface area contributed by atoms with E-state index in [9.17, 15) is 4.39 Å². The summed E-state index contributed by atoms with van der Waals surface area (Å²) in [4.78, 5) is 1.90. The van der Waals surface area contributed by atoms with Crippen LogP contribution >= 0.6 is 0 Å². The second kappa shape index (κ2) is 6.07. The molecule has 2 heterocycles. The lowest BCUT2D eigenvalue weighted by Crippen LogP contribution is -2.24. The second-order valence-electron chi connectivity index (χ2n) is 6.02. The Morgan fingerprint density at radius 3 is 2.83 bits per heavy atom. The molecule has 2 aromatic carbocycles. The Balaban J connectivity index is 1.59. The van der Waals surface area contributed by atoms with Crippen LogP contribution in [-0.4, -0.2) is 46.6 Å². The monoisotopic (exact) mass is 327 g/mol. The number of benzene rings is 2. The van der Waals surface area contributed by atoms with Gasteiger partial charge in [0, 0.05) is 6.54 Å². The highest BCUT2D eigenvalue weighted by Gasteiger charge is 2.26. The Kier molecular flexibility index (Phi) is 3.76. The number of hydrogen-bond donors (Lipinski definition) is 0. The van der Waals surface area contributed by atoms with E-state index in [2.05, 4.69) is 33.7 Å². The molecule has 0 aliphatic carbocycles. The maximum atomic E-state index is 13.4. The van der Waals surface area contributed by atoms with Gasteiger partial charge in [-0.05, 0) is 51.4 Å². The van der Waals surface area contributed by atoms with Crippen LogP contribution in [0.15, 0.2) is 36.4 Å². The van der Waals surface area contributed by atoms with Crippen molar-refractivity contribution < 1.29 is 9.13 Å². The average molecular weight is 327 g/mol. The Morgan fingerprint density at radius 1 is 1.21 bits per heavy atom. The number of nitrogens with zero attached hydrogens (tertiary/aromatic N) is 5. The number of anilines is 1. The van der Waals surface area contributed by atoms with Gasteiger partial charge in [0.15, 0.2) is 0 Å².